The lowest BCUT2D eigenvalue weighted by molar-refractivity contribution is -0.138. The SMILES string of the molecule is O=C(O)CCOC1CCN(C(=O)c2cnsn2)CC1. The van der Waals surface area contributed by atoms with Crippen molar-refractivity contribution in [1.82, 2.24) is 13.6 Å². The Morgan fingerprint density at radius 2 is 2.21 bits per heavy atom. The second-order valence-corrected chi connectivity index (χ2v) is 4.86. The molecule has 0 aliphatic carbocycles. The molecule has 1 amide bonds. The molecule has 0 unspecified atom stereocenters. The van der Waals surface area contributed by atoms with Crippen LogP contribution in [0.5, 0.6) is 0 Å². The van der Waals surface area contributed by atoms with Crippen molar-refractivity contribution in [3.63, 3.8) is 0 Å². The van der Waals surface area contributed by atoms with Crippen LogP contribution in [0.4, 0.5) is 0 Å². The molecule has 19 heavy (non-hydrogen) atoms. The Balaban J connectivity index is 1.73. The van der Waals surface area contributed by atoms with Crippen LogP contribution < -0.4 is 0 Å². The minimum atomic E-state index is -0.858. The average molecular weight is 285 g/mol. The molecule has 0 bridgehead atoms. The molecule has 1 aliphatic rings. The third-order valence-electron chi connectivity index (χ3n) is 2.98. The first-order valence-corrected chi connectivity index (χ1v) is 6.80. The van der Waals surface area contributed by atoms with Crippen molar-refractivity contribution >= 4 is 23.6 Å². The fourth-order valence-electron chi connectivity index (χ4n) is 1.96. The van der Waals surface area contributed by atoms with Crippen molar-refractivity contribution in [2.75, 3.05) is 19.7 Å². The highest BCUT2D eigenvalue weighted by atomic mass is 32.1. The van der Waals surface area contributed by atoms with Crippen molar-refractivity contribution in [1.29, 1.82) is 0 Å². The van der Waals surface area contributed by atoms with E-state index < -0.39 is 5.97 Å². The van der Waals surface area contributed by atoms with Gasteiger partial charge in [0.2, 0.25) is 0 Å². The molecule has 0 atom stereocenters. The lowest BCUT2D eigenvalue weighted by Gasteiger charge is -2.31. The zero-order chi connectivity index (χ0) is 13.7. The zero-order valence-corrected chi connectivity index (χ0v) is 11.1. The zero-order valence-electron chi connectivity index (χ0n) is 10.3. The molecule has 0 spiro atoms. The highest BCUT2D eigenvalue weighted by Crippen LogP contribution is 2.16. The number of carbonyl (C=O) groups excluding carboxylic acids is 1. The maximum Gasteiger partial charge on any atom is 0.305 e. The number of ether oxygens (including phenoxy) is 1. The van der Waals surface area contributed by atoms with E-state index in [0.29, 0.717) is 18.8 Å². The Morgan fingerprint density at radius 1 is 1.47 bits per heavy atom. The summed E-state index contributed by atoms with van der Waals surface area (Å²) in [4.78, 5) is 24.1. The van der Waals surface area contributed by atoms with Crippen molar-refractivity contribution < 1.29 is 19.4 Å². The summed E-state index contributed by atoms with van der Waals surface area (Å²) in [6, 6.07) is 0. The Labute approximate surface area is 114 Å². The van der Waals surface area contributed by atoms with E-state index in [1.165, 1.54) is 6.20 Å². The first-order valence-electron chi connectivity index (χ1n) is 6.07. The van der Waals surface area contributed by atoms with Gasteiger partial charge in [-0.15, -0.1) is 0 Å². The molecule has 0 aromatic carbocycles. The predicted octanol–water partition coefficient (Wildman–Crippen LogP) is 0.634. The van der Waals surface area contributed by atoms with E-state index in [0.717, 1.165) is 24.6 Å². The van der Waals surface area contributed by atoms with Crippen LogP contribution in [0.3, 0.4) is 0 Å². The number of amides is 1. The molecule has 8 heteroatoms. The van der Waals surface area contributed by atoms with E-state index in [4.69, 9.17) is 9.84 Å². The molecule has 2 heterocycles. The quantitative estimate of drug-likeness (QED) is 0.853. The molecular weight excluding hydrogens is 270 g/mol. The molecule has 1 fully saturated rings. The summed E-state index contributed by atoms with van der Waals surface area (Å²) in [6.07, 6.45) is 2.98. The summed E-state index contributed by atoms with van der Waals surface area (Å²) in [5, 5.41) is 8.52. The molecule has 0 saturated carbocycles. The Kier molecular flexibility index (Phi) is 4.80. The van der Waals surface area contributed by atoms with Gasteiger partial charge in [0, 0.05) is 13.1 Å². The molecule has 2 rings (SSSR count). The van der Waals surface area contributed by atoms with Gasteiger partial charge in [0.05, 0.1) is 37.1 Å². The normalized spacial score (nSPS) is 16.5. The second kappa shape index (κ2) is 6.58. The number of piperidine rings is 1. The van der Waals surface area contributed by atoms with E-state index in [9.17, 15) is 9.59 Å². The van der Waals surface area contributed by atoms with Crippen molar-refractivity contribution in [3.05, 3.63) is 11.9 Å². The van der Waals surface area contributed by atoms with Crippen LogP contribution >= 0.6 is 11.7 Å². The maximum absolute atomic E-state index is 12.0. The van der Waals surface area contributed by atoms with E-state index in [2.05, 4.69) is 8.75 Å². The predicted molar refractivity (Wildman–Crippen MR) is 67.0 cm³/mol. The Hall–Kier alpha value is -1.54. The van der Waals surface area contributed by atoms with Crippen LogP contribution in [0, 0.1) is 0 Å². The lowest BCUT2D eigenvalue weighted by Crippen LogP contribution is -2.41. The summed E-state index contributed by atoms with van der Waals surface area (Å²) >= 11 is 1.02. The van der Waals surface area contributed by atoms with E-state index in [-0.39, 0.29) is 25.0 Å². The van der Waals surface area contributed by atoms with Crippen LogP contribution in [0.2, 0.25) is 0 Å². The topological polar surface area (TPSA) is 92.6 Å². The summed E-state index contributed by atoms with van der Waals surface area (Å²) in [7, 11) is 0. The minimum Gasteiger partial charge on any atom is -0.481 e. The van der Waals surface area contributed by atoms with Gasteiger partial charge in [0.25, 0.3) is 5.91 Å². The Morgan fingerprint density at radius 3 is 2.79 bits per heavy atom. The number of aliphatic carboxylic acids is 1. The molecule has 7 nitrogen and oxygen atoms in total. The van der Waals surface area contributed by atoms with E-state index in [1.807, 2.05) is 0 Å². The maximum atomic E-state index is 12.0. The molecule has 1 saturated heterocycles. The monoisotopic (exact) mass is 285 g/mol. The number of likely N-dealkylation sites (tertiary alicyclic amines) is 1. The fourth-order valence-corrected chi connectivity index (χ4v) is 2.37. The first-order chi connectivity index (χ1) is 9.16. The number of carboxylic acids is 1. The van der Waals surface area contributed by atoms with Crippen molar-refractivity contribution in [2.24, 2.45) is 0 Å². The number of hydrogen-bond acceptors (Lipinski definition) is 6. The standard InChI is InChI=1S/C11H15N3O4S/c15-10(16)3-6-18-8-1-4-14(5-2-8)11(17)9-7-12-19-13-9/h7-8H,1-6H2,(H,15,16). The van der Waals surface area contributed by atoms with Crippen LogP contribution in [0.25, 0.3) is 0 Å². The summed E-state index contributed by atoms with van der Waals surface area (Å²) in [5.74, 6) is -0.957. The average Bonchev–Trinajstić information content (AvgIpc) is 2.92. The molecule has 0 radical (unpaired) electrons. The number of nitrogens with zero attached hydrogens (tertiary/aromatic N) is 3. The van der Waals surface area contributed by atoms with Crippen LogP contribution in [0.1, 0.15) is 29.8 Å². The number of aromatic nitrogens is 2. The number of rotatable bonds is 5. The van der Waals surface area contributed by atoms with E-state index in [1.54, 1.807) is 4.90 Å². The third kappa shape index (κ3) is 3.97. The molecule has 1 N–H and O–H groups in total. The molecule has 1 aromatic heterocycles. The van der Waals surface area contributed by atoms with Crippen molar-refractivity contribution in [3.8, 4) is 0 Å². The van der Waals surface area contributed by atoms with Crippen molar-refractivity contribution in [2.45, 2.75) is 25.4 Å². The minimum absolute atomic E-state index is 0.0175. The van der Waals surface area contributed by atoms with Gasteiger partial charge in [0.15, 0.2) is 5.69 Å². The smallest absolute Gasteiger partial charge is 0.305 e. The van der Waals surface area contributed by atoms with E-state index >= 15 is 0 Å². The number of hydrogen-bond donors (Lipinski definition) is 1. The summed E-state index contributed by atoms with van der Waals surface area (Å²) < 4.78 is 13.2. The van der Waals surface area contributed by atoms with Crippen LogP contribution in [-0.2, 0) is 9.53 Å². The summed E-state index contributed by atoms with van der Waals surface area (Å²) in [5.41, 5.74) is 0.384. The molecule has 104 valence electrons. The largest absolute Gasteiger partial charge is 0.481 e. The lowest BCUT2D eigenvalue weighted by atomic mass is 10.1. The van der Waals surface area contributed by atoms with Gasteiger partial charge in [-0.1, -0.05) is 0 Å². The molecule has 1 aromatic rings. The van der Waals surface area contributed by atoms with Gasteiger partial charge in [-0.25, -0.2) is 0 Å². The van der Waals surface area contributed by atoms with Gasteiger partial charge in [0.1, 0.15) is 0 Å². The first kappa shape index (κ1) is 13.9. The van der Waals surface area contributed by atoms with Gasteiger partial charge < -0.3 is 14.7 Å². The number of carbonyl (C=O) groups is 2. The third-order valence-corrected chi connectivity index (χ3v) is 3.46. The highest BCUT2D eigenvalue weighted by molar-refractivity contribution is 6.99. The van der Waals surface area contributed by atoms with Crippen LogP contribution in [0.15, 0.2) is 6.20 Å². The van der Waals surface area contributed by atoms with Crippen LogP contribution in [-0.4, -0.2) is 56.4 Å². The van der Waals surface area contributed by atoms with Gasteiger partial charge in [-0.2, -0.15) is 8.75 Å². The fraction of sp³-hybridized carbons (Fsp3) is 0.636. The molecule has 1 aliphatic heterocycles. The van der Waals surface area contributed by atoms with Gasteiger partial charge in [-0.05, 0) is 12.8 Å². The van der Waals surface area contributed by atoms with Gasteiger partial charge >= 0.3 is 5.97 Å². The molecular formula is C11H15N3O4S. The second-order valence-electron chi connectivity index (χ2n) is 4.30. The van der Waals surface area contributed by atoms with Gasteiger partial charge in [-0.3, -0.25) is 9.59 Å². The number of carboxylic acid groups (broad SMARTS) is 1. The Bertz CT molecular complexity index is 429. The highest BCUT2D eigenvalue weighted by Gasteiger charge is 2.25. The summed E-state index contributed by atoms with van der Waals surface area (Å²) in [6.45, 7) is 1.44.